The molecule has 10 heteroatoms. The highest BCUT2D eigenvalue weighted by atomic mass is 35.5. The van der Waals surface area contributed by atoms with Crippen LogP contribution in [0.15, 0.2) is 5.38 Å². The maximum Gasteiger partial charge on any atom is 0.270 e. The number of hydrogen-bond donors (Lipinski definition) is 2. The molecule has 27 heavy (non-hydrogen) atoms. The summed E-state index contributed by atoms with van der Waals surface area (Å²) in [7, 11) is 2.18. The summed E-state index contributed by atoms with van der Waals surface area (Å²) in [6.07, 6.45) is 6.12. The van der Waals surface area contributed by atoms with Gasteiger partial charge in [0.2, 0.25) is 0 Å². The summed E-state index contributed by atoms with van der Waals surface area (Å²) >= 11 is 1.45. The van der Waals surface area contributed by atoms with Gasteiger partial charge in [0.05, 0.1) is 0 Å². The molecule has 0 spiro atoms. The Balaban J connectivity index is 0.00000225. The molecular formula is C17H32Cl3N5OS. The number of likely N-dealkylation sites (tertiary alicyclic amines) is 2. The maximum absolute atomic E-state index is 12.5. The topological polar surface area (TPSA) is 74.5 Å². The van der Waals surface area contributed by atoms with E-state index in [1.54, 1.807) is 5.38 Å². The Labute approximate surface area is 184 Å². The van der Waals surface area contributed by atoms with E-state index in [1.807, 2.05) is 0 Å². The van der Waals surface area contributed by atoms with Crippen LogP contribution in [0.25, 0.3) is 0 Å². The summed E-state index contributed by atoms with van der Waals surface area (Å²) in [5, 5.41) is 5.78. The fourth-order valence-corrected chi connectivity index (χ4v) is 4.51. The smallest absolute Gasteiger partial charge is 0.270 e. The third-order valence-corrected chi connectivity index (χ3v) is 6.35. The fraction of sp³-hybridized carbons (Fsp3) is 0.765. The molecule has 2 aliphatic heterocycles. The molecule has 0 aliphatic carbocycles. The summed E-state index contributed by atoms with van der Waals surface area (Å²) < 4.78 is 0. The highest BCUT2D eigenvalue weighted by Crippen LogP contribution is 2.31. The first kappa shape index (κ1) is 26.9. The molecule has 1 aromatic heterocycles. The lowest BCUT2D eigenvalue weighted by atomic mass is 9.84. The SMILES string of the molecule is CN1CCC(CNC(=O)c2csc(CN)n2)(N2CCCCC2)CC1.Cl.Cl.Cl. The Morgan fingerprint density at radius 1 is 1.19 bits per heavy atom. The molecule has 0 unspecified atom stereocenters. The quantitative estimate of drug-likeness (QED) is 0.706. The highest BCUT2D eigenvalue weighted by molar-refractivity contribution is 7.09. The summed E-state index contributed by atoms with van der Waals surface area (Å²) in [5.41, 5.74) is 6.20. The fourth-order valence-electron chi connectivity index (χ4n) is 3.85. The highest BCUT2D eigenvalue weighted by Gasteiger charge is 2.39. The lowest BCUT2D eigenvalue weighted by Gasteiger charge is -2.50. The molecular weight excluding hydrogens is 429 g/mol. The molecule has 0 radical (unpaired) electrons. The number of halogens is 3. The van der Waals surface area contributed by atoms with E-state index in [2.05, 4.69) is 27.1 Å². The third-order valence-electron chi connectivity index (χ3n) is 5.48. The van der Waals surface area contributed by atoms with Crippen LogP contribution in [-0.4, -0.2) is 66.0 Å². The third kappa shape index (κ3) is 6.70. The number of aromatic nitrogens is 1. The van der Waals surface area contributed by atoms with Crippen molar-refractivity contribution in [2.24, 2.45) is 5.73 Å². The number of thiazole rings is 1. The number of hydrogen-bond acceptors (Lipinski definition) is 6. The van der Waals surface area contributed by atoms with Crippen molar-refractivity contribution in [1.82, 2.24) is 20.1 Å². The van der Waals surface area contributed by atoms with Crippen molar-refractivity contribution in [3.05, 3.63) is 16.1 Å². The minimum atomic E-state index is -0.0683. The minimum absolute atomic E-state index is 0. The van der Waals surface area contributed by atoms with Crippen LogP contribution >= 0.6 is 48.6 Å². The molecule has 0 atom stereocenters. The standard InChI is InChI=1S/C17H29N5OS.3ClH/c1-21-9-5-17(6-10-21,22-7-3-2-4-8-22)13-19-16(23)14-12-24-15(11-18)20-14;;;/h12H,2-11,13,18H2,1H3,(H,19,23);3*1H. The van der Waals surface area contributed by atoms with Gasteiger partial charge in [-0.1, -0.05) is 6.42 Å². The van der Waals surface area contributed by atoms with Crippen molar-refractivity contribution in [2.45, 2.75) is 44.2 Å². The molecule has 2 saturated heterocycles. The number of amides is 1. The molecule has 0 saturated carbocycles. The molecule has 3 heterocycles. The van der Waals surface area contributed by atoms with Gasteiger partial charge in [-0.3, -0.25) is 9.69 Å². The van der Waals surface area contributed by atoms with Crippen molar-refractivity contribution < 1.29 is 4.79 Å². The first-order chi connectivity index (χ1) is 11.6. The average Bonchev–Trinajstić information content (AvgIpc) is 3.11. The Hall–Kier alpha value is -0.150. The van der Waals surface area contributed by atoms with Crippen LogP contribution in [0.1, 0.15) is 47.6 Å². The zero-order chi connectivity index (χ0) is 17.0. The van der Waals surface area contributed by atoms with Crippen LogP contribution in [0.3, 0.4) is 0 Å². The van der Waals surface area contributed by atoms with E-state index in [-0.39, 0.29) is 48.7 Å². The van der Waals surface area contributed by atoms with E-state index in [1.165, 1.54) is 30.6 Å². The van der Waals surface area contributed by atoms with E-state index in [0.717, 1.165) is 50.6 Å². The van der Waals surface area contributed by atoms with Gasteiger partial charge in [0, 0.05) is 24.0 Å². The van der Waals surface area contributed by atoms with Gasteiger partial charge in [-0.05, 0) is 58.9 Å². The molecule has 3 rings (SSSR count). The second-order valence-electron chi connectivity index (χ2n) is 7.09. The zero-order valence-corrected chi connectivity index (χ0v) is 19.1. The summed E-state index contributed by atoms with van der Waals surface area (Å²) in [5.74, 6) is -0.0683. The van der Waals surface area contributed by atoms with Gasteiger partial charge in [0.15, 0.2) is 0 Å². The zero-order valence-electron chi connectivity index (χ0n) is 15.8. The monoisotopic (exact) mass is 459 g/mol. The van der Waals surface area contributed by atoms with E-state index in [0.29, 0.717) is 12.2 Å². The Kier molecular flexibility index (Phi) is 12.4. The number of nitrogens with one attached hydrogen (secondary N) is 1. The van der Waals surface area contributed by atoms with E-state index in [4.69, 9.17) is 5.73 Å². The number of nitrogens with zero attached hydrogens (tertiary/aromatic N) is 3. The Morgan fingerprint density at radius 3 is 2.37 bits per heavy atom. The predicted octanol–water partition coefficient (Wildman–Crippen LogP) is 2.55. The average molecular weight is 461 g/mol. The summed E-state index contributed by atoms with van der Waals surface area (Å²) in [6.45, 7) is 5.62. The lowest BCUT2D eigenvalue weighted by molar-refractivity contribution is 0.0145. The second-order valence-corrected chi connectivity index (χ2v) is 8.03. The number of carbonyl (C=O) groups is 1. The van der Waals surface area contributed by atoms with Gasteiger partial charge in [-0.15, -0.1) is 48.6 Å². The predicted molar refractivity (Wildman–Crippen MR) is 119 cm³/mol. The molecule has 0 aromatic carbocycles. The van der Waals surface area contributed by atoms with Crippen molar-refractivity contribution in [2.75, 3.05) is 39.8 Å². The molecule has 3 N–H and O–H groups in total. The Morgan fingerprint density at radius 2 is 1.81 bits per heavy atom. The lowest BCUT2D eigenvalue weighted by Crippen LogP contribution is -2.61. The maximum atomic E-state index is 12.5. The van der Waals surface area contributed by atoms with Crippen LogP contribution < -0.4 is 11.1 Å². The van der Waals surface area contributed by atoms with Crippen molar-refractivity contribution >= 4 is 54.5 Å². The molecule has 6 nitrogen and oxygen atoms in total. The van der Waals surface area contributed by atoms with Crippen molar-refractivity contribution in [3.63, 3.8) is 0 Å². The number of rotatable bonds is 5. The summed E-state index contributed by atoms with van der Waals surface area (Å²) in [6, 6.07) is 0. The molecule has 1 aromatic rings. The summed E-state index contributed by atoms with van der Waals surface area (Å²) in [4.78, 5) is 21.8. The van der Waals surface area contributed by atoms with Crippen LogP contribution in [0, 0.1) is 0 Å². The van der Waals surface area contributed by atoms with Gasteiger partial charge in [-0.25, -0.2) is 4.98 Å². The number of piperidine rings is 2. The molecule has 158 valence electrons. The largest absolute Gasteiger partial charge is 0.349 e. The molecule has 2 fully saturated rings. The van der Waals surface area contributed by atoms with Gasteiger partial charge < -0.3 is 16.0 Å². The normalized spacial score (nSPS) is 19.9. The van der Waals surface area contributed by atoms with Crippen molar-refractivity contribution in [1.29, 1.82) is 0 Å². The van der Waals surface area contributed by atoms with Gasteiger partial charge in [-0.2, -0.15) is 0 Å². The van der Waals surface area contributed by atoms with Crippen molar-refractivity contribution in [3.8, 4) is 0 Å². The number of carbonyl (C=O) groups excluding carboxylic acids is 1. The molecule has 2 aliphatic rings. The Bertz CT molecular complexity index is 561. The van der Waals surface area contributed by atoms with Crippen LogP contribution in [0.2, 0.25) is 0 Å². The first-order valence-electron chi connectivity index (χ1n) is 8.99. The van der Waals surface area contributed by atoms with Gasteiger partial charge in [0.25, 0.3) is 5.91 Å². The van der Waals surface area contributed by atoms with Gasteiger partial charge in [0.1, 0.15) is 10.7 Å². The first-order valence-corrected chi connectivity index (χ1v) is 9.87. The van der Waals surface area contributed by atoms with Gasteiger partial charge >= 0.3 is 0 Å². The van der Waals surface area contributed by atoms with Crippen LogP contribution in [-0.2, 0) is 6.54 Å². The van der Waals surface area contributed by atoms with Crippen LogP contribution in [0.5, 0.6) is 0 Å². The molecule has 0 bridgehead atoms. The number of nitrogens with two attached hydrogens (primary N) is 1. The minimum Gasteiger partial charge on any atom is -0.349 e. The van der Waals surface area contributed by atoms with Crippen LogP contribution in [0.4, 0.5) is 0 Å². The van der Waals surface area contributed by atoms with E-state index in [9.17, 15) is 4.79 Å². The van der Waals surface area contributed by atoms with E-state index >= 15 is 0 Å². The van der Waals surface area contributed by atoms with E-state index < -0.39 is 0 Å². The molecule has 1 amide bonds. The second kappa shape index (κ2) is 12.4.